The maximum atomic E-state index is 4.12. The van der Waals surface area contributed by atoms with Crippen LogP contribution in [0.4, 0.5) is 0 Å². The summed E-state index contributed by atoms with van der Waals surface area (Å²) in [5.74, 6) is 0.829. The lowest BCUT2D eigenvalue weighted by atomic mass is 10.1. The van der Waals surface area contributed by atoms with Crippen LogP contribution >= 0.6 is 11.3 Å². The second kappa shape index (κ2) is 5.75. The Hall–Kier alpha value is -0.450. The van der Waals surface area contributed by atoms with Crippen LogP contribution in [0.15, 0.2) is 11.7 Å². The van der Waals surface area contributed by atoms with Crippen molar-refractivity contribution in [1.82, 2.24) is 15.2 Å². The summed E-state index contributed by atoms with van der Waals surface area (Å²) < 4.78 is 0. The van der Waals surface area contributed by atoms with Gasteiger partial charge in [-0.2, -0.15) is 0 Å². The fourth-order valence-electron chi connectivity index (χ4n) is 2.17. The number of hydrogen-bond donors (Lipinski definition) is 1. The molecule has 1 aliphatic heterocycles. The standard InChI is InChI=1S/C12H21N3S/c1-10(2)14-5-11-3-4-15(7-11)8-12-6-13-9-16-12/h6,9-11,14H,3-5,7-8H2,1-2H3. The highest BCUT2D eigenvalue weighted by molar-refractivity contribution is 7.09. The molecule has 1 N–H and O–H groups in total. The van der Waals surface area contributed by atoms with E-state index >= 15 is 0 Å². The summed E-state index contributed by atoms with van der Waals surface area (Å²) >= 11 is 1.76. The SMILES string of the molecule is CC(C)NCC1CCN(Cc2cncs2)C1. The molecule has 2 heterocycles. The van der Waals surface area contributed by atoms with Gasteiger partial charge in [-0.15, -0.1) is 11.3 Å². The largest absolute Gasteiger partial charge is 0.314 e. The Morgan fingerprint density at radius 2 is 2.50 bits per heavy atom. The first-order chi connectivity index (χ1) is 7.74. The van der Waals surface area contributed by atoms with Crippen LogP contribution in [-0.2, 0) is 6.54 Å². The molecule has 1 aliphatic rings. The first kappa shape index (κ1) is 12.0. The summed E-state index contributed by atoms with van der Waals surface area (Å²) in [6, 6.07) is 0.607. The third-order valence-corrected chi connectivity index (χ3v) is 3.81. The fraction of sp³-hybridized carbons (Fsp3) is 0.750. The van der Waals surface area contributed by atoms with Crippen LogP contribution in [0.1, 0.15) is 25.1 Å². The van der Waals surface area contributed by atoms with E-state index < -0.39 is 0 Å². The molecule has 1 aromatic rings. The Morgan fingerprint density at radius 3 is 3.19 bits per heavy atom. The molecule has 16 heavy (non-hydrogen) atoms. The maximum Gasteiger partial charge on any atom is 0.0794 e. The van der Waals surface area contributed by atoms with Gasteiger partial charge in [-0.1, -0.05) is 13.8 Å². The molecule has 0 saturated carbocycles. The summed E-state index contributed by atoms with van der Waals surface area (Å²) in [5, 5.41) is 3.53. The topological polar surface area (TPSA) is 28.2 Å². The van der Waals surface area contributed by atoms with Crippen molar-refractivity contribution in [2.24, 2.45) is 5.92 Å². The zero-order valence-electron chi connectivity index (χ0n) is 10.1. The van der Waals surface area contributed by atoms with Crippen LogP contribution in [0.2, 0.25) is 0 Å². The minimum absolute atomic E-state index is 0.607. The summed E-state index contributed by atoms with van der Waals surface area (Å²) in [4.78, 5) is 8.05. The van der Waals surface area contributed by atoms with Gasteiger partial charge in [0.25, 0.3) is 0 Å². The van der Waals surface area contributed by atoms with E-state index in [9.17, 15) is 0 Å². The monoisotopic (exact) mass is 239 g/mol. The van der Waals surface area contributed by atoms with Gasteiger partial charge in [0, 0.05) is 30.2 Å². The molecular formula is C12H21N3S. The van der Waals surface area contributed by atoms with Crippen molar-refractivity contribution in [3.05, 3.63) is 16.6 Å². The highest BCUT2D eigenvalue weighted by Crippen LogP contribution is 2.19. The van der Waals surface area contributed by atoms with Crippen molar-refractivity contribution >= 4 is 11.3 Å². The Kier molecular flexibility index (Phi) is 4.32. The Labute approximate surface area is 102 Å². The molecule has 0 aliphatic carbocycles. The van der Waals surface area contributed by atoms with Crippen molar-refractivity contribution in [3.63, 3.8) is 0 Å². The number of thiazole rings is 1. The van der Waals surface area contributed by atoms with Gasteiger partial charge in [0.1, 0.15) is 0 Å². The molecule has 2 rings (SSSR count). The smallest absolute Gasteiger partial charge is 0.0794 e. The highest BCUT2D eigenvalue weighted by atomic mass is 32.1. The summed E-state index contributed by atoms with van der Waals surface area (Å²) in [5.41, 5.74) is 1.92. The van der Waals surface area contributed by atoms with E-state index in [-0.39, 0.29) is 0 Å². The van der Waals surface area contributed by atoms with Gasteiger partial charge in [0.15, 0.2) is 0 Å². The van der Waals surface area contributed by atoms with Crippen LogP contribution in [0.5, 0.6) is 0 Å². The van der Waals surface area contributed by atoms with Crippen LogP contribution in [0, 0.1) is 5.92 Å². The molecule has 90 valence electrons. The molecule has 0 aromatic carbocycles. The Morgan fingerprint density at radius 1 is 1.62 bits per heavy atom. The molecule has 1 fully saturated rings. The lowest BCUT2D eigenvalue weighted by Crippen LogP contribution is -2.30. The number of aromatic nitrogens is 1. The van der Waals surface area contributed by atoms with Crippen molar-refractivity contribution in [3.8, 4) is 0 Å². The predicted octanol–water partition coefficient (Wildman–Crippen LogP) is 1.96. The van der Waals surface area contributed by atoms with Crippen LogP contribution in [0.3, 0.4) is 0 Å². The predicted molar refractivity (Wildman–Crippen MR) is 68.6 cm³/mol. The zero-order chi connectivity index (χ0) is 11.4. The minimum Gasteiger partial charge on any atom is -0.314 e. The van der Waals surface area contributed by atoms with Gasteiger partial charge in [0.2, 0.25) is 0 Å². The molecule has 1 unspecified atom stereocenters. The first-order valence-electron chi connectivity index (χ1n) is 6.07. The van der Waals surface area contributed by atoms with Crippen molar-refractivity contribution < 1.29 is 0 Å². The van der Waals surface area contributed by atoms with Gasteiger partial charge in [-0.05, 0) is 25.4 Å². The van der Waals surface area contributed by atoms with E-state index in [1.54, 1.807) is 11.3 Å². The van der Waals surface area contributed by atoms with Crippen LogP contribution in [0.25, 0.3) is 0 Å². The molecule has 4 heteroatoms. The highest BCUT2D eigenvalue weighted by Gasteiger charge is 2.22. The third kappa shape index (κ3) is 3.54. The van der Waals surface area contributed by atoms with E-state index in [0.29, 0.717) is 6.04 Å². The summed E-state index contributed by atoms with van der Waals surface area (Å²) in [6.07, 6.45) is 3.32. The number of hydrogen-bond acceptors (Lipinski definition) is 4. The van der Waals surface area contributed by atoms with Gasteiger partial charge >= 0.3 is 0 Å². The second-order valence-electron chi connectivity index (χ2n) is 4.92. The van der Waals surface area contributed by atoms with E-state index in [2.05, 4.69) is 29.0 Å². The van der Waals surface area contributed by atoms with Crippen molar-refractivity contribution in [2.75, 3.05) is 19.6 Å². The summed E-state index contributed by atoms with van der Waals surface area (Å²) in [7, 11) is 0. The zero-order valence-corrected chi connectivity index (χ0v) is 11.0. The lowest BCUT2D eigenvalue weighted by Gasteiger charge is -2.16. The number of rotatable bonds is 5. The fourth-order valence-corrected chi connectivity index (χ4v) is 2.80. The van der Waals surface area contributed by atoms with E-state index in [0.717, 1.165) is 19.0 Å². The number of likely N-dealkylation sites (tertiary alicyclic amines) is 1. The lowest BCUT2D eigenvalue weighted by molar-refractivity contribution is 0.315. The average Bonchev–Trinajstić information content (AvgIpc) is 2.87. The van der Waals surface area contributed by atoms with Crippen LogP contribution < -0.4 is 5.32 Å². The molecule has 0 spiro atoms. The van der Waals surface area contributed by atoms with Gasteiger partial charge in [0.05, 0.1) is 5.51 Å². The Bertz CT molecular complexity index is 297. The average molecular weight is 239 g/mol. The van der Waals surface area contributed by atoms with Gasteiger partial charge in [-0.3, -0.25) is 9.88 Å². The third-order valence-electron chi connectivity index (χ3n) is 3.05. The molecule has 1 saturated heterocycles. The Balaban J connectivity index is 1.71. The van der Waals surface area contributed by atoms with E-state index in [4.69, 9.17) is 0 Å². The van der Waals surface area contributed by atoms with Crippen LogP contribution in [-0.4, -0.2) is 35.6 Å². The molecule has 0 bridgehead atoms. The second-order valence-corrected chi connectivity index (χ2v) is 5.89. The van der Waals surface area contributed by atoms with Gasteiger partial charge < -0.3 is 5.32 Å². The van der Waals surface area contributed by atoms with Crippen molar-refractivity contribution in [1.29, 1.82) is 0 Å². The molecule has 1 aromatic heterocycles. The molecule has 3 nitrogen and oxygen atoms in total. The normalized spacial score (nSPS) is 22.1. The van der Waals surface area contributed by atoms with E-state index in [1.165, 1.54) is 24.4 Å². The number of nitrogens with zero attached hydrogens (tertiary/aromatic N) is 2. The first-order valence-corrected chi connectivity index (χ1v) is 6.95. The maximum absolute atomic E-state index is 4.12. The quantitative estimate of drug-likeness (QED) is 0.851. The van der Waals surface area contributed by atoms with Crippen molar-refractivity contribution in [2.45, 2.75) is 32.9 Å². The molecule has 0 amide bonds. The minimum atomic E-state index is 0.607. The number of nitrogens with one attached hydrogen (secondary N) is 1. The van der Waals surface area contributed by atoms with Gasteiger partial charge in [-0.25, -0.2) is 0 Å². The molecule has 1 atom stereocenters. The summed E-state index contributed by atoms with van der Waals surface area (Å²) in [6.45, 7) is 9.15. The molecule has 0 radical (unpaired) electrons. The van der Waals surface area contributed by atoms with E-state index in [1.807, 2.05) is 11.7 Å². The molecular weight excluding hydrogens is 218 g/mol.